The van der Waals surface area contributed by atoms with E-state index in [1.807, 2.05) is 30.3 Å². The summed E-state index contributed by atoms with van der Waals surface area (Å²) >= 11 is 0. The topological polar surface area (TPSA) is 67.6 Å². The van der Waals surface area contributed by atoms with E-state index in [-0.39, 0.29) is 11.8 Å². The Bertz CT molecular complexity index is 689. The van der Waals surface area contributed by atoms with Gasteiger partial charge in [0.15, 0.2) is 0 Å². The Balaban J connectivity index is 1.36. The molecule has 132 valence electrons. The Hall–Kier alpha value is -2.18. The number of nitrogens with zero attached hydrogens (tertiary/aromatic N) is 2. The summed E-state index contributed by atoms with van der Waals surface area (Å²) in [6.45, 7) is 4.37. The molecule has 6 nitrogen and oxygen atoms in total. The Kier molecular flexibility index (Phi) is 4.81. The first-order chi connectivity index (χ1) is 12.3. The number of carbonyl (C=O) groups is 1. The average molecular weight is 341 g/mol. The van der Waals surface area contributed by atoms with Crippen molar-refractivity contribution in [1.29, 1.82) is 0 Å². The summed E-state index contributed by atoms with van der Waals surface area (Å²) in [5, 5.41) is 3.02. The van der Waals surface area contributed by atoms with Gasteiger partial charge in [-0.05, 0) is 36.1 Å². The summed E-state index contributed by atoms with van der Waals surface area (Å²) in [6, 6.07) is 9.63. The SMILES string of the molecule is O=C(NCc1ccccn1)[C@H]1COC[C@H]2CN(Cc3ccco3)C[C@H]21. The molecule has 0 unspecified atom stereocenters. The lowest BCUT2D eigenvalue weighted by Gasteiger charge is -2.32. The molecule has 1 amide bonds. The van der Waals surface area contributed by atoms with Gasteiger partial charge in [-0.25, -0.2) is 0 Å². The van der Waals surface area contributed by atoms with Crippen LogP contribution in [0.5, 0.6) is 0 Å². The number of nitrogens with one attached hydrogen (secondary N) is 1. The van der Waals surface area contributed by atoms with E-state index in [1.165, 1.54) is 0 Å². The number of furan rings is 1. The first-order valence-electron chi connectivity index (χ1n) is 8.79. The lowest BCUT2D eigenvalue weighted by Crippen LogP contribution is -2.44. The first kappa shape index (κ1) is 16.3. The van der Waals surface area contributed by atoms with Crippen LogP contribution >= 0.6 is 0 Å². The molecule has 0 aliphatic carbocycles. The molecular formula is C19H23N3O3. The molecule has 4 heterocycles. The zero-order valence-corrected chi connectivity index (χ0v) is 14.1. The second-order valence-electron chi connectivity index (χ2n) is 6.88. The van der Waals surface area contributed by atoms with Crippen LogP contribution in [0.2, 0.25) is 0 Å². The van der Waals surface area contributed by atoms with E-state index in [2.05, 4.69) is 15.2 Å². The van der Waals surface area contributed by atoms with Crippen LogP contribution in [0, 0.1) is 17.8 Å². The number of hydrogen-bond donors (Lipinski definition) is 1. The summed E-state index contributed by atoms with van der Waals surface area (Å²) in [5.74, 6) is 1.70. The highest BCUT2D eigenvalue weighted by Crippen LogP contribution is 2.35. The smallest absolute Gasteiger partial charge is 0.226 e. The lowest BCUT2D eigenvalue weighted by atomic mass is 9.82. The molecule has 2 aromatic rings. The van der Waals surface area contributed by atoms with Crippen molar-refractivity contribution in [2.75, 3.05) is 26.3 Å². The number of fused-ring (bicyclic) bond motifs is 1. The number of hydrogen-bond acceptors (Lipinski definition) is 5. The number of likely N-dealkylation sites (tertiary alicyclic amines) is 1. The maximum atomic E-state index is 12.7. The second kappa shape index (κ2) is 7.37. The van der Waals surface area contributed by atoms with Crippen LogP contribution in [0.1, 0.15) is 11.5 Å². The highest BCUT2D eigenvalue weighted by Gasteiger charge is 2.43. The number of ether oxygens (including phenoxy) is 1. The molecule has 1 N–H and O–H groups in total. The molecule has 0 saturated carbocycles. The molecule has 25 heavy (non-hydrogen) atoms. The molecule has 2 aliphatic heterocycles. The average Bonchev–Trinajstić information content (AvgIpc) is 3.29. The van der Waals surface area contributed by atoms with Crippen molar-refractivity contribution in [3.63, 3.8) is 0 Å². The fraction of sp³-hybridized carbons (Fsp3) is 0.474. The van der Waals surface area contributed by atoms with Crippen LogP contribution in [-0.4, -0.2) is 42.1 Å². The van der Waals surface area contributed by atoms with Gasteiger partial charge in [-0.1, -0.05) is 6.07 Å². The van der Waals surface area contributed by atoms with Gasteiger partial charge in [0, 0.05) is 19.3 Å². The van der Waals surface area contributed by atoms with Gasteiger partial charge in [0.1, 0.15) is 5.76 Å². The summed E-state index contributed by atoms with van der Waals surface area (Å²) in [4.78, 5) is 19.3. The Morgan fingerprint density at radius 3 is 3.00 bits per heavy atom. The molecule has 4 rings (SSSR count). The summed E-state index contributed by atoms with van der Waals surface area (Å²) in [7, 11) is 0. The molecule has 2 aromatic heterocycles. The Morgan fingerprint density at radius 1 is 1.24 bits per heavy atom. The van der Waals surface area contributed by atoms with E-state index >= 15 is 0 Å². The monoisotopic (exact) mass is 341 g/mol. The van der Waals surface area contributed by atoms with Crippen molar-refractivity contribution < 1.29 is 13.9 Å². The lowest BCUT2D eigenvalue weighted by molar-refractivity contribution is -0.133. The van der Waals surface area contributed by atoms with Gasteiger partial charge >= 0.3 is 0 Å². The number of pyridine rings is 1. The maximum Gasteiger partial charge on any atom is 0.226 e. The van der Waals surface area contributed by atoms with Gasteiger partial charge in [-0.2, -0.15) is 0 Å². The third-order valence-electron chi connectivity index (χ3n) is 5.18. The fourth-order valence-corrected chi connectivity index (χ4v) is 3.92. The zero-order chi connectivity index (χ0) is 17.1. The minimum Gasteiger partial charge on any atom is -0.468 e. The Labute approximate surface area is 147 Å². The molecular weight excluding hydrogens is 318 g/mol. The molecule has 0 bridgehead atoms. The molecule has 0 aromatic carbocycles. The van der Waals surface area contributed by atoms with Gasteiger partial charge in [-0.15, -0.1) is 0 Å². The quantitative estimate of drug-likeness (QED) is 0.896. The zero-order valence-electron chi connectivity index (χ0n) is 14.1. The number of amides is 1. The second-order valence-corrected chi connectivity index (χ2v) is 6.88. The van der Waals surface area contributed by atoms with Crippen molar-refractivity contribution in [3.8, 4) is 0 Å². The fourth-order valence-electron chi connectivity index (χ4n) is 3.92. The first-order valence-corrected chi connectivity index (χ1v) is 8.79. The molecule has 3 atom stereocenters. The number of rotatable bonds is 5. The molecule has 2 saturated heterocycles. The minimum absolute atomic E-state index is 0.0696. The van der Waals surface area contributed by atoms with E-state index < -0.39 is 0 Å². The third kappa shape index (κ3) is 3.75. The van der Waals surface area contributed by atoms with Crippen LogP contribution in [0.15, 0.2) is 47.2 Å². The number of carbonyl (C=O) groups excluding carboxylic acids is 1. The molecule has 0 radical (unpaired) electrons. The number of aromatic nitrogens is 1. The predicted octanol–water partition coefficient (Wildman–Crippen LogP) is 1.69. The van der Waals surface area contributed by atoms with Crippen molar-refractivity contribution in [2.45, 2.75) is 13.1 Å². The van der Waals surface area contributed by atoms with Gasteiger partial charge in [-0.3, -0.25) is 14.7 Å². The minimum atomic E-state index is -0.0935. The summed E-state index contributed by atoms with van der Waals surface area (Å²) in [5.41, 5.74) is 0.870. The predicted molar refractivity (Wildman–Crippen MR) is 91.4 cm³/mol. The van der Waals surface area contributed by atoms with Gasteiger partial charge in [0.2, 0.25) is 5.91 Å². The molecule has 2 aliphatic rings. The normalized spacial score (nSPS) is 26.3. The van der Waals surface area contributed by atoms with Gasteiger partial charge in [0.25, 0.3) is 0 Å². The van der Waals surface area contributed by atoms with Crippen LogP contribution in [0.4, 0.5) is 0 Å². The Morgan fingerprint density at radius 2 is 2.20 bits per heavy atom. The summed E-state index contributed by atoms with van der Waals surface area (Å²) < 4.78 is 11.2. The third-order valence-corrected chi connectivity index (χ3v) is 5.18. The van der Waals surface area contributed by atoms with Crippen LogP contribution < -0.4 is 5.32 Å². The summed E-state index contributed by atoms with van der Waals surface area (Å²) in [6.07, 6.45) is 3.44. The highest BCUT2D eigenvalue weighted by molar-refractivity contribution is 5.79. The van der Waals surface area contributed by atoms with Crippen molar-refractivity contribution in [1.82, 2.24) is 15.2 Å². The van der Waals surface area contributed by atoms with Crippen LogP contribution in [0.3, 0.4) is 0 Å². The van der Waals surface area contributed by atoms with Gasteiger partial charge in [0.05, 0.1) is 44.2 Å². The molecule has 0 spiro atoms. The van der Waals surface area contributed by atoms with E-state index in [0.717, 1.165) is 37.7 Å². The molecule has 6 heteroatoms. The van der Waals surface area contributed by atoms with Crippen molar-refractivity contribution >= 4 is 5.91 Å². The van der Waals surface area contributed by atoms with E-state index in [9.17, 15) is 4.79 Å². The van der Waals surface area contributed by atoms with Crippen molar-refractivity contribution in [2.24, 2.45) is 17.8 Å². The molecule has 2 fully saturated rings. The van der Waals surface area contributed by atoms with Crippen LogP contribution in [0.25, 0.3) is 0 Å². The van der Waals surface area contributed by atoms with Crippen molar-refractivity contribution in [3.05, 3.63) is 54.2 Å². The van der Waals surface area contributed by atoms with Crippen LogP contribution in [-0.2, 0) is 22.6 Å². The largest absolute Gasteiger partial charge is 0.468 e. The highest BCUT2D eigenvalue weighted by atomic mass is 16.5. The maximum absolute atomic E-state index is 12.7. The van der Waals surface area contributed by atoms with Gasteiger partial charge < -0.3 is 14.5 Å². The standard InChI is InChI=1S/C19H23N3O3/c23-19(21-8-15-4-1-2-6-20-15)18-13-24-12-14-9-22(11-17(14)18)10-16-5-3-7-25-16/h1-7,14,17-18H,8-13H2,(H,21,23)/t14-,17-,18+/m1/s1. The van der Waals surface area contributed by atoms with E-state index in [0.29, 0.717) is 25.0 Å². The van der Waals surface area contributed by atoms with E-state index in [4.69, 9.17) is 9.15 Å². The van der Waals surface area contributed by atoms with E-state index in [1.54, 1.807) is 12.5 Å².